The fourth-order valence-corrected chi connectivity index (χ4v) is 6.06. The maximum atomic E-state index is 13.9. The molecule has 0 saturated carbocycles. The molecule has 0 bridgehead atoms. The van der Waals surface area contributed by atoms with Gasteiger partial charge in [0, 0.05) is 32.9 Å². The number of carbonyl (C=O) groups is 2. The Balaban J connectivity index is 1.60. The van der Waals surface area contributed by atoms with Crippen molar-refractivity contribution in [1.29, 1.82) is 0 Å². The molecule has 0 aliphatic carbocycles. The summed E-state index contributed by atoms with van der Waals surface area (Å²) in [5.41, 5.74) is 3.85. The first-order valence-electron chi connectivity index (χ1n) is 13.4. The van der Waals surface area contributed by atoms with E-state index in [2.05, 4.69) is 15.8 Å². The van der Waals surface area contributed by atoms with Gasteiger partial charge in [0.05, 0.1) is 28.3 Å². The lowest BCUT2D eigenvalue weighted by molar-refractivity contribution is -0.385. The van der Waals surface area contributed by atoms with Crippen molar-refractivity contribution in [3.8, 4) is 5.75 Å². The number of methoxy groups -OCH3 is 1. The van der Waals surface area contributed by atoms with E-state index in [0.717, 1.165) is 10.4 Å². The van der Waals surface area contributed by atoms with Gasteiger partial charge in [-0.2, -0.15) is 5.10 Å². The van der Waals surface area contributed by atoms with Crippen LogP contribution in [0.4, 0.5) is 17.1 Å². The first kappa shape index (κ1) is 33.9. The summed E-state index contributed by atoms with van der Waals surface area (Å²) in [6.07, 6.45) is 0. The third-order valence-electron chi connectivity index (χ3n) is 6.64. The molecule has 0 radical (unpaired) electrons. The van der Waals surface area contributed by atoms with E-state index in [-0.39, 0.29) is 27.9 Å². The average Bonchev–Trinajstić information content (AvgIpc) is 3.02. The number of carbonyl (C=O) groups excluding carboxylic acids is 2. The fraction of sp³-hybridized carbons (Fsp3) is 0.129. The Morgan fingerprint density at radius 1 is 0.957 bits per heavy atom. The van der Waals surface area contributed by atoms with Crippen molar-refractivity contribution in [2.45, 2.75) is 18.7 Å². The highest BCUT2D eigenvalue weighted by Gasteiger charge is 2.31. The molecule has 0 aromatic heterocycles. The SMILES string of the molecule is COc1ccc(Cl)cc1N(CC(=O)N/N=C(/C)c1cccc(NC(=O)c2cccc(Cl)c2)c1)S(=O)(=O)c1ccc(C)c([N+](=O)[O-])c1. The number of benzene rings is 4. The molecule has 0 heterocycles. The molecule has 0 saturated heterocycles. The molecular weight excluding hydrogens is 657 g/mol. The van der Waals surface area contributed by atoms with E-state index in [1.807, 2.05) is 0 Å². The van der Waals surface area contributed by atoms with Gasteiger partial charge in [-0.25, -0.2) is 13.8 Å². The average molecular weight is 685 g/mol. The number of rotatable bonds is 11. The van der Waals surface area contributed by atoms with E-state index in [1.165, 1.54) is 50.4 Å². The van der Waals surface area contributed by atoms with Crippen LogP contribution in [0.25, 0.3) is 0 Å². The number of amides is 2. The maximum Gasteiger partial charge on any atom is 0.273 e. The van der Waals surface area contributed by atoms with Crippen molar-refractivity contribution in [3.05, 3.63) is 122 Å². The number of nitrogens with one attached hydrogen (secondary N) is 2. The maximum absolute atomic E-state index is 13.9. The Kier molecular flexibility index (Phi) is 10.6. The summed E-state index contributed by atoms with van der Waals surface area (Å²) in [5.74, 6) is -1.13. The number of hydrogen-bond donors (Lipinski definition) is 2. The fourth-order valence-electron chi connectivity index (χ4n) is 4.26. The van der Waals surface area contributed by atoms with Gasteiger partial charge in [0.1, 0.15) is 12.3 Å². The normalized spacial score (nSPS) is 11.5. The minimum absolute atomic E-state index is 0.0720. The summed E-state index contributed by atoms with van der Waals surface area (Å²) in [7, 11) is -3.26. The van der Waals surface area contributed by atoms with Crippen molar-refractivity contribution >= 4 is 67.8 Å². The number of hydrazone groups is 1. The number of ether oxygens (including phenoxy) is 1. The second kappa shape index (κ2) is 14.4. The van der Waals surface area contributed by atoms with Crippen molar-refractivity contribution in [1.82, 2.24) is 5.43 Å². The van der Waals surface area contributed by atoms with Crippen LogP contribution in [-0.2, 0) is 14.8 Å². The molecule has 238 valence electrons. The predicted molar refractivity (Wildman–Crippen MR) is 177 cm³/mol. The lowest BCUT2D eigenvalue weighted by Crippen LogP contribution is -2.40. The standard InChI is InChI=1S/C31H27Cl2N5O7S/c1-19-10-12-26(17-27(19)38(41)42)46(43,44)37(28-16-24(33)11-13-29(28)45-3)18-30(39)36-35-20(2)21-6-5-9-25(15-21)34-31(40)22-7-4-8-23(32)14-22/h4-17H,18H2,1-3H3,(H,34,40)(H,36,39)/b35-20-. The minimum atomic E-state index is -4.57. The first-order valence-corrected chi connectivity index (χ1v) is 15.6. The van der Waals surface area contributed by atoms with Crippen molar-refractivity contribution in [2.24, 2.45) is 5.10 Å². The minimum Gasteiger partial charge on any atom is -0.495 e. The Morgan fingerprint density at radius 3 is 2.35 bits per heavy atom. The molecule has 15 heteroatoms. The third-order valence-corrected chi connectivity index (χ3v) is 8.86. The Bertz CT molecular complexity index is 1970. The summed E-state index contributed by atoms with van der Waals surface area (Å²) in [5, 5.41) is 19.0. The van der Waals surface area contributed by atoms with Gasteiger partial charge in [0.2, 0.25) is 0 Å². The zero-order valence-electron chi connectivity index (χ0n) is 24.7. The quantitative estimate of drug-likeness (QED) is 0.108. The summed E-state index contributed by atoms with van der Waals surface area (Å²) in [4.78, 5) is 36.2. The van der Waals surface area contributed by atoms with Gasteiger partial charge in [-0.15, -0.1) is 0 Å². The Hall–Kier alpha value is -4.98. The van der Waals surface area contributed by atoms with E-state index >= 15 is 0 Å². The number of nitro groups is 1. The lowest BCUT2D eigenvalue weighted by atomic mass is 10.1. The van der Waals surface area contributed by atoms with E-state index in [1.54, 1.807) is 49.4 Å². The zero-order chi connectivity index (χ0) is 33.6. The number of nitro benzene ring substituents is 1. The summed E-state index contributed by atoms with van der Waals surface area (Å²) >= 11 is 12.2. The molecule has 0 spiro atoms. The van der Waals surface area contributed by atoms with Gasteiger partial charge in [-0.1, -0.05) is 47.5 Å². The molecular formula is C31H27Cl2N5O7S. The van der Waals surface area contributed by atoms with E-state index in [0.29, 0.717) is 27.5 Å². The second-order valence-corrected chi connectivity index (χ2v) is 12.5. The molecule has 2 N–H and O–H groups in total. The number of aryl methyl sites for hydroxylation is 1. The summed E-state index contributed by atoms with van der Waals surface area (Å²) in [6.45, 7) is 2.30. The number of anilines is 2. The molecule has 12 nitrogen and oxygen atoms in total. The lowest BCUT2D eigenvalue weighted by Gasteiger charge is -2.25. The Labute approximate surface area is 274 Å². The molecule has 0 aliphatic heterocycles. The van der Waals surface area contributed by atoms with E-state index < -0.39 is 38.0 Å². The topological polar surface area (TPSA) is 160 Å². The molecule has 0 unspecified atom stereocenters. The second-order valence-electron chi connectivity index (χ2n) is 9.81. The zero-order valence-corrected chi connectivity index (χ0v) is 27.0. The van der Waals surface area contributed by atoms with Gasteiger partial charge < -0.3 is 10.1 Å². The van der Waals surface area contributed by atoms with Crippen molar-refractivity contribution in [2.75, 3.05) is 23.3 Å². The van der Waals surface area contributed by atoms with Crippen molar-refractivity contribution in [3.63, 3.8) is 0 Å². The van der Waals surface area contributed by atoms with Gasteiger partial charge in [-0.05, 0) is 74.0 Å². The number of hydrogen-bond acceptors (Lipinski definition) is 8. The molecule has 4 aromatic rings. The highest BCUT2D eigenvalue weighted by Crippen LogP contribution is 2.35. The van der Waals surface area contributed by atoms with Crippen LogP contribution < -0.4 is 19.8 Å². The number of sulfonamides is 1. The number of halogens is 2. The highest BCUT2D eigenvalue weighted by molar-refractivity contribution is 7.92. The van der Waals surface area contributed by atoms with Crippen LogP contribution in [0.1, 0.15) is 28.4 Å². The summed E-state index contributed by atoms with van der Waals surface area (Å²) < 4.78 is 33.8. The Morgan fingerprint density at radius 2 is 1.65 bits per heavy atom. The van der Waals surface area contributed by atoms with Gasteiger partial charge >= 0.3 is 0 Å². The highest BCUT2D eigenvalue weighted by atomic mass is 35.5. The van der Waals surface area contributed by atoms with E-state index in [9.17, 15) is 28.1 Å². The molecule has 0 aliphatic rings. The first-order chi connectivity index (χ1) is 21.8. The smallest absolute Gasteiger partial charge is 0.273 e. The molecule has 46 heavy (non-hydrogen) atoms. The van der Waals surface area contributed by atoms with Gasteiger partial charge in [0.15, 0.2) is 0 Å². The third kappa shape index (κ3) is 7.99. The molecule has 4 rings (SSSR count). The molecule has 4 aromatic carbocycles. The van der Waals surface area contributed by atoms with Crippen LogP contribution in [0.15, 0.2) is 94.9 Å². The largest absolute Gasteiger partial charge is 0.495 e. The molecule has 0 atom stereocenters. The van der Waals surface area contributed by atoms with Crippen molar-refractivity contribution < 1.29 is 27.7 Å². The predicted octanol–water partition coefficient (Wildman–Crippen LogP) is 6.21. The van der Waals surface area contributed by atoms with Crippen LogP contribution in [0, 0.1) is 17.0 Å². The van der Waals surface area contributed by atoms with Crippen LogP contribution in [0.2, 0.25) is 10.0 Å². The van der Waals surface area contributed by atoms with Gasteiger partial charge in [-0.3, -0.25) is 24.0 Å². The van der Waals surface area contributed by atoms with E-state index in [4.69, 9.17) is 27.9 Å². The van der Waals surface area contributed by atoms with Crippen LogP contribution in [-0.4, -0.2) is 44.5 Å². The van der Waals surface area contributed by atoms with Crippen LogP contribution in [0.5, 0.6) is 5.75 Å². The van der Waals surface area contributed by atoms with Crippen LogP contribution >= 0.6 is 23.2 Å². The molecule has 2 amide bonds. The monoisotopic (exact) mass is 683 g/mol. The van der Waals surface area contributed by atoms with Gasteiger partial charge in [0.25, 0.3) is 27.5 Å². The number of nitrogens with zero attached hydrogens (tertiary/aromatic N) is 3. The summed E-state index contributed by atoms with van der Waals surface area (Å²) in [6, 6.07) is 20.8. The molecule has 0 fully saturated rings. The van der Waals surface area contributed by atoms with Crippen LogP contribution in [0.3, 0.4) is 0 Å².